The van der Waals surface area contributed by atoms with Gasteiger partial charge in [0.1, 0.15) is 12.4 Å². The smallest absolute Gasteiger partial charge is 0.119 e. The van der Waals surface area contributed by atoms with Crippen LogP contribution in [0.15, 0.2) is 24.3 Å². The molecule has 2 unspecified atom stereocenters. The Morgan fingerprint density at radius 3 is 2.39 bits per heavy atom. The predicted molar refractivity (Wildman–Crippen MR) is 73.1 cm³/mol. The van der Waals surface area contributed by atoms with Crippen molar-refractivity contribution in [2.75, 3.05) is 26.2 Å². The quantitative estimate of drug-likeness (QED) is 0.818. The van der Waals surface area contributed by atoms with E-state index in [4.69, 9.17) is 9.47 Å². The lowest BCUT2D eigenvalue weighted by molar-refractivity contribution is -0.0699. The summed E-state index contributed by atoms with van der Waals surface area (Å²) < 4.78 is 11.5. The maximum atomic E-state index is 5.75. The van der Waals surface area contributed by atoms with Crippen LogP contribution in [0.3, 0.4) is 0 Å². The lowest BCUT2D eigenvalue weighted by atomic mass is 10.2. The molecular weight excluding hydrogens is 226 g/mol. The third-order valence-electron chi connectivity index (χ3n) is 3.19. The van der Waals surface area contributed by atoms with Gasteiger partial charge in [0, 0.05) is 19.6 Å². The molecule has 1 fully saturated rings. The Morgan fingerprint density at radius 1 is 1.17 bits per heavy atom. The number of hydrogen-bond donors (Lipinski definition) is 0. The van der Waals surface area contributed by atoms with Crippen LogP contribution >= 0.6 is 0 Å². The largest absolute Gasteiger partial charge is 0.492 e. The van der Waals surface area contributed by atoms with Crippen molar-refractivity contribution >= 4 is 0 Å². The zero-order chi connectivity index (χ0) is 13.0. The van der Waals surface area contributed by atoms with Crippen molar-refractivity contribution in [3.05, 3.63) is 29.8 Å². The van der Waals surface area contributed by atoms with Crippen LogP contribution in [-0.4, -0.2) is 43.3 Å². The highest BCUT2D eigenvalue weighted by molar-refractivity contribution is 5.26. The summed E-state index contributed by atoms with van der Waals surface area (Å²) in [6.45, 7) is 10.0. The van der Waals surface area contributed by atoms with E-state index < -0.39 is 0 Å². The van der Waals surface area contributed by atoms with Gasteiger partial charge in [0.05, 0.1) is 12.2 Å². The van der Waals surface area contributed by atoms with E-state index in [9.17, 15) is 0 Å². The Labute approximate surface area is 110 Å². The normalized spacial score (nSPS) is 25.1. The predicted octanol–water partition coefficient (Wildman–Crippen LogP) is 2.48. The first-order valence-corrected chi connectivity index (χ1v) is 6.71. The van der Waals surface area contributed by atoms with Gasteiger partial charge in [-0.1, -0.05) is 17.7 Å². The molecule has 1 heterocycles. The van der Waals surface area contributed by atoms with Crippen LogP contribution in [-0.2, 0) is 4.74 Å². The van der Waals surface area contributed by atoms with Crippen LogP contribution in [0, 0.1) is 6.92 Å². The summed E-state index contributed by atoms with van der Waals surface area (Å²) >= 11 is 0. The zero-order valence-corrected chi connectivity index (χ0v) is 11.6. The molecule has 0 aromatic heterocycles. The molecule has 1 aliphatic rings. The molecule has 3 nitrogen and oxygen atoms in total. The van der Waals surface area contributed by atoms with Crippen LogP contribution < -0.4 is 4.74 Å². The average molecular weight is 249 g/mol. The third-order valence-corrected chi connectivity index (χ3v) is 3.19. The van der Waals surface area contributed by atoms with Gasteiger partial charge in [0.15, 0.2) is 0 Å². The summed E-state index contributed by atoms with van der Waals surface area (Å²) in [4.78, 5) is 2.41. The van der Waals surface area contributed by atoms with E-state index in [-0.39, 0.29) is 0 Å². The Hall–Kier alpha value is -1.06. The van der Waals surface area contributed by atoms with E-state index in [1.807, 2.05) is 12.1 Å². The highest BCUT2D eigenvalue weighted by atomic mass is 16.5. The maximum absolute atomic E-state index is 5.75. The number of aryl methyl sites for hydroxylation is 1. The van der Waals surface area contributed by atoms with E-state index in [1.54, 1.807) is 0 Å². The number of rotatable bonds is 4. The highest BCUT2D eigenvalue weighted by Crippen LogP contribution is 2.13. The molecule has 0 saturated carbocycles. The first-order valence-electron chi connectivity index (χ1n) is 6.71. The van der Waals surface area contributed by atoms with Crippen molar-refractivity contribution in [2.45, 2.75) is 33.0 Å². The van der Waals surface area contributed by atoms with Crippen molar-refractivity contribution in [3.63, 3.8) is 0 Å². The van der Waals surface area contributed by atoms with Gasteiger partial charge in [-0.05, 0) is 32.9 Å². The standard InChI is InChI=1S/C15H23NO2/c1-12-4-6-15(7-5-12)17-9-8-16-10-13(2)18-14(3)11-16/h4-7,13-14H,8-11H2,1-3H3. The first kappa shape index (κ1) is 13.4. The van der Waals surface area contributed by atoms with Crippen LogP contribution in [0.1, 0.15) is 19.4 Å². The van der Waals surface area contributed by atoms with Crippen LogP contribution in [0.2, 0.25) is 0 Å². The van der Waals surface area contributed by atoms with Crippen LogP contribution in [0.4, 0.5) is 0 Å². The minimum Gasteiger partial charge on any atom is -0.492 e. The molecule has 2 rings (SSSR count). The number of nitrogens with zero attached hydrogens (tertiary/aromatic N) is 1. The summed E-state index contributed by atoms with van der Waals surface area (Å²) in [6.07, 6.45) is 0.654. The van der Waals surface area contributed by atoms with Crippen molar-refractivity contribution in [1.82, 2.24) is 4.90 Å². The molecule has 0 bridgehead atoms. The molecule has 0 amide bonds. The van der Waals surface area contributed by atoms with Gasteiger partial charge < -0.3 is 9.47 Å². The molecule has 0 spiro atoms. The molecule has 1 aromatic carbocycles. The molecule has 0 aliphatic carbocycles. The second kappa shape index (κ2) is 6.21. The van der Waals surface area contributed by atoms with Crippen molar-refractivity contribution in [3.8, 4) is 5.75 Å². The fraction of sp³-hybridized carbons (Fsp3) is 0.600. The maximum Gasteiger partial charge on any atom is 0.119 e. The van der Waals surface area contributed by atoms with Crippen LogP contribution in [0.25, 0.3) is 0 Å². The SMILES string of the molecule is Cc1ccc(OCCN2CC(C)OC(C)C2)cc1. The summed E-state index contributed by atoms with van der Waals surface area (Å²) in [6, 6.07) is 8.21. The van der Waals surface area contributed by atoms with E-state index in [0.717, 1.165) is 32.0 Å². The molecule has 1 saturated heterocycles. The summed E-state index contributed by atoms with van der Waals surface area (Å²) in [5, 5.41) is 0. The van der Waals surface area contributed by atoms with Crippen molar-refractivity contribution in [2.24, 2.45) is 0 Å². The average Bonchev–Trinajstić information content (AvgIpc) is 2.30. The Balaban J connectivity index is 1.73. The number of ether oxygens (including phenoxy) is 2. The van der Waals surface area contributed by atoms with Crippen LogP contribution in [0.5, 0.6) is 5.75 Å². The third kappa shape index (κ3) is 4.00. The minimum atomic E-state index is 0.327. The lowest BCUT2D eigenvalue weighted by Crippen LogP contribution is -2.46. The summed E-state index contributed by atoms with van der Waals surface area (Å²) in [5.74, 6) is 0.954. The second-order valence-corrected chi connectivity index (χ2v) is 5.18. The molecule has 0 radical (unpaired) electrons. The molecule has 100 valence electrons. The fourth-order valence-corrected chi connectivity index (χ4v) is 2.39. The minimum absolute atomic E-state index is 0.327. The monoisotopic (exact) mass is 249 g/mol. The summed E-state index contributed by atoms with van der Waals surface area (Å²) in [7, 11) is 0. The summed E-state index contributed by atoms with van der Waals surface area (Å²) in [5.41, 5.74) is 1.26. The number of morpholine rings is 1. The topological polar surface area (TPSA) is 21.7 Å². The highest BCUT2D eigenvalue weighted by Gasteiger charge is 2.21. The van der Waals surface area contributed by atoms with Gasteiger partial charge in [-0.25, -0.2) is 0 Å². The first-order chi connectivity index (χ1) is 8.63. The number of hydrogen-bond acceptors (Lipinski definition) is 3. The molecule has 3 heteroatoms. The van der Waals surface area contributed by atoms with Crippen molar-refractivity contribution in [1.29, 1.82) is 0 Å². The van der Waals surface area contributed by atoms with Gasteiger partial charge in [-0.3, -0.25) is 4.90 Å². The van der Waals surface area contributed by atoms with E-state index in [0.29, 0.717) is 12.2 Å². The lowest BCUT2D eigenvalue weighted by Gasteiger charge is -2.35. The van der Waals surface area contributed by atoms with Gasteiger partial charge in [0.2, 0.25) is 0 Å². The van der Waals surface area contributed by atoms with E-state index >= 15 is 0 Å². The van der Waals surface area contributed by atoms with Gasteiger partial charge >= 0.3 is 0 Å². The van der Waals surface area contributed by atoms with Gasteiger partial charge in [0.25, 0.3) is 0 Å². The Kier molecular flexibility index (Phi) is 4.61. The molecular formula is C15H23NO2. The molecule has 0 N–H and O–H groups in total. The molecule has 1 aliphatic heterocycles. The Morgan fingerprint density at radius 2 is 1.78 bits per heavy atom. The fourth-order valence-electron chi connectivity index (χ4n) is 2.39. The van der Waals surface area contributed by atoms with Gasteiger partial charge in [-0.15, -0.1) is 0 Å². The van der Waals surface area contributed by atoms with Gasteiger partial charge in [-0.2, -0.15) is 0 Å². The zero-order valence-electron chi connectivity index (χ0n) is 11.6. The van der Waals surface area contributed by atoms with Crippen molar-refractivity contribution < 1.29 is 9.47 Å². The number of benzene rings is 1. The van der Waals surface area contributed by atoms with E-state index in [2.05, 4.69) is 37.8 Å². The van der Waals surface area contributed by atoms with E-state index in [1.165, 1.54) is 5.56 Å². The second-order valence-electron chi connectivity index (χ2n) is 5.18. The molecule has 1 aromatic rings. The molecule has 2 atom stereocenters. The Bertz CT molecular complexity index is 353. The molecule has 18 heavy (non-hydrogen) atoms.